The Kier molecular flexibility index (Phi) is 3.34. The van der Waals surface area contributed by atoms with Crippen LogP contribution in [-0.2, 0) is 11.2 Å². The first-order valence-corrected chi connectivity index (χ1v) is 5.90. The fourth-order valence-electron chi connectivity index (χ4n) is 1.43. The summed E-state index contributed by atoms with van der Waals surface area (Å²) in [4.78, 5) is 11.7. The highest BCUT2D eigenvalue weighted by Gasteiger charge is 2.08. The van der Waals surface area contributed by atoms with Gasteiger partial charge in [0.05, 0.1) is 6.42 Å². The van der Waals surface area contributed by atoms with Crippen molar-refractivity contribution in [3.63, 3.8) is 0 Å². The molecule has 0 aliphatic carbocycles. The maximum Gasteiger partial charge on any atom is 0.230 e. The molecular weight excluding hydrogens is 236 g/mol. The molecule has 3 N–H and O–H groups in total. The Morgan fingerprint density at radius 3 is 2.82 bits per heavy atom. The highest BCUT2D eigenvalue weighted by molar-refractivity contribution is 7.18. The minimum Gasteiger partial charge on any atom is -0.374 e. The lowest BCUT2D eigenvalue weighted by Gasteiger charge is -2.04. The molecule has 0 unspecified atom stereocenters. The van der Waals surface area contributed by atoms with Crippen LogP contribution < -0.4 is 11.1 Å². The average Bonchev–Trinajstić information content (AvgIpc) is 2.67. The third-order valence-corrected chi connectivity index (χ3v) is 2.97. The highest BCUT2D eigenvalue weighted by atomic mass is 32.1. The van der Waals surface area contributed by atoms with Crippen LogP contribution in [0.15, 0.2) is 24.3 Å². The molecule has 1 amide bonds. The minimum absolute atomic E-state index is 0.115. The van der Waals surface area contributed by atoms with Gasteiger partial charge in [-0.15, -0.1) is 10.2 Å². The highest BCUT2D eigenvalue weighted by Crippen LogP contribution is 2.17. The molecule has 0 aliphatic heterocycles. The van der Waals surface area contributed by atoms with Gasteiger partial charge in [-0.3, -0.25) is 4.79 Å². The number of benzene rings is 1. The van der Waals surface area contributed by atoms with E-state index in [9.17, 15) is 4.79 Å². The van der Waals surface area contributed by atoms with Crippen molar-refractivity contribution in [3.05, 3.63) is 35.4 Å². The zero-order chi connectivity index (χ0) is 12.3. The predicted molar refractivity (Wildman–Crippen MR) is 67.8 cm³/mol. The van der Waals surface area contributed by atoms with Gasteiger partial charge in [0.2, 0.25) is 16.2 Å². The molecular formula is C11H12N4OS. The Hall–Kier alpha value is -1.95. The fraction of sp³-hybridized carbons (Fsp3) is 0.182. The van der Waals surface area contributed by atoms with Crippen LogP contribution in [0.5, 0.6) is 0 Å². The van der Waals surface area contributed by atoms with Gasteiger partial charge < -0.3 is 11.1 Å². The van der Waals surface area contributed by atoms with Crippen molar-refractivity contribution in [2.75, 3.05) is 11.1 Å². The summed E-state index contributed by atoms with van der Waals surface area (Å²) in [6.45, 7) is 1.98. The largest absolute Gasteiger partial charge is 0.374 e. The van der Waals surface area contributed by atoms with Crippen LogP contribution in [0.4, 0.5) is 10.3 Å². The van der Waals surface area contributed by atoms with Crippen LogP contribution in [0, 0.1) is 6.92 Å². The standard InChI is InChI=1S/C11H12N4OS/c1-7-4-2-3-5-8(7)6-9(16)13-11-15-14-10(12)17-11/h2-5H,6H2,1H3,(H2,12,14)(H,13,15,16). The smallest absolute Gasteiger partial charge is 0.230 e. The van der Waals surface area contributed by atoms with Crippen molar-refractivity contribution >= 4 is 27.5 Å². The second kappa shape index (κ2) is 4.92. The van der Waals surface area contributed by atoms with Gasteiger partial charge in [-0.25, -0.2) is 0 Å². The number of aryl methyl sites for hydroxylation is 1. The van der Waals surface area contributed by atoms with E-state index in [0.717, 1.165) is 22.5 Å². The number of nitrogens with zero attached hydrogens (tertiary/aromatic N) is 2. The Labute approximate surface area is 103 Å². The van der Waals surface area contributed by atoms with E-state index in [0.29, 0.717) is 16.7 Å². The van der Waals surface area contributed by atoms with Gasteiger partial charge in [-0.1, -0.05) is 35.6 Å². The summed E-state index contributed by atoms with van der Waals surface area (Å²) >= 11 is 1.15. The van der Waals surface area contributed by atoms with Crippen molar-refractivity contribution in [2.24, 2.45) is 0 Å². The van der Waals surface area contributed by atoms with Gasteiger partial charge in [-0.05, 0) is 18.1 Å². The number of hydrogen-bond donors (Lipinski definition) is 2. The van der Waals surface area contributed by atoms with E-state index in [1.54, 1.807) is 0 Å². The summed E-state index contributed by atoms with van der Waals surface area (Å²) in [6.07, 6.45) is 0.326. The number of rotatable bonds is 3. The van der Waals surface area contributed by atoms with E-state index in [1.807, 2.05) is 31.2 Å². The number of carbonyl (C=O) groups excluding carboxylic acids is 1. The second-order valence-corrected chi connectivity index (χ2v) is 4.61. The average molecular weight is 248 g/mol. The summed E-state index contributed by atoms with van der Waals surface area (Å²) in [5, 5.41) is 10.8. The first-order valence-electron chi connectivity index (χ1n) is 5.08. The molecule has 0 bridgehead atoms. The van der Waals surface area contributed by atoms with Crippen molar-refractivity contribution < 1.29 is 4.79 Å². The van der Waals surface area contributed by atoms with Crippen molar-refractivity contribution in [2.45, 2.75) is 13.3 Å². The molecule has 1 aromatic carbocycles. The third-order valence-electron chi connectivity index (χ3n) is 2.30. The topological polar surface area (TPSA) is 80.9 Å². The number of nitrogens with one attached hydrogen (secondary N) is 1. The maximum absolute atomic E-state index is 11.7. The van der Waals surface area contributed by atoms with Crippen molar-refractivity contribution in [1.82, 2.24) is 10.2 Å². The molecule has 2 aromatic rings. The quantitative estimate of drug-likeness (QED) is 0.864. The van der Waals surface area contributed by atoms with Gasteiger partial charge in [0, 0.05) is 0 Å². The normalized spacial score (nSPS) is 10.2. The molecule has 0 aliphatic rings. The lowest BCUT2D eigenvalue weighted by Crippen LogP contribution is -2.14. The molecule has 0 fully saturated rings. The number of amides is 1. The van der Waals surface area contributed by atoms with Crippen LogP contribution >= 0.6 is 11.3 Å². The third kappa shape index (κ3) is 3.01. The van der Waals surface area contributed by atoms with Crippen LogP contribution in [0.25, 0.3) is 0 Å². The zero-order valence-corrected chi connectivity index (χ0v) is 10.1. The Balaban J connectivity index is 2.01. The molecule has 2 rings (SSSR count). The molecule has 0 atom stereocenters. The first kappa shape index (κ1) is 11.5. The molecule has 0 radical (unpaired) electrons. The number of anilines is 2. The number of carbonyl (C=O) groups is 1. The molecule has 88 valence electrons. The van der Waals surface area contributed by atoms with Gasteiger partial charge in [-0.2, -0.15) is 0 Å². The monoisotopic (exact) mass is 248 g/mol. The lowest BCUT2D eigenvalue weighted by molar-refractivity contribution is -0.115. The minimum atomic E-state index is -0.115. The van der Waals surface area contributed by atoms with E-state index in [1.165, 1.54) is 0 Å². The second-order valence-electron chi connectivity index (χ2n) is 3.60. The van der Waals surface area contributed by atoms with Crippen LogP contribution in [0.2, 0.25) is 0 Å². The Morgan fingerprint density at radius 1 is 1.41 bits per heavy atom. The molecule has 1 heterocycles. The zero-order valence-electron chi connectivity index (χ0n) is 9.30. The fourth-order valence-corrected chi connectivity index (χ4v) is 1.96. The summed E-state index contributed by atoms with van der Waals surface area (Å²) in [5.41, 5.74) is 7.52. The molecule has 0 saturated carbocycles. The van der Waals surface area contributed by atoms with E-state index < -0.39 is 0 Å². The summed E-state index contributed by atoms with van der Waals surface area (Å²) in [6, 6.07) is 7.77. The molecule has 1 aromatic heterocycles. The Bertz CT molecular complexity index is 538. The SMILES string of the molecule is Cc1ccccc1CC(=O)Nc1nnc(N)s1. The summed E-state index contributed by atoms with van der Waals surface area (Å²) in [7, 11) is 0. The van der Waals surface area contributed by atoms with Gasteiger partial charge in [0.15, 0.2) is 0 Å². The lowest BCUT2D eigenvalue weighted by atomic mass is 10.1. The number of hydrogen-bond acceptors (Lipinski definition) is 5. The van der Waals surface area contributed by atoms with Crippen molar-refractivity contribution in [1.29, 1.82) is 0 Å². The molecule has 17 heavy (non-hydrogen) atoms. The first-order chi connectivity index (χ1) is 8.15. The number of nitrogens with two attached hydrogens (primary N) is 1. The number of nitrogen functional groups attached to an aromatic ring is 1. The number of aromatic nitrogens is 2. The molecule has 0 saturated heterocycles. The van der Waals surface area contributed by atoms with Crippen LogP contribution in [-0.4, -0.2) is 16.1 Å². The van der Waals surface area contributed by atoms with Gasteiger partial charge >= 0.3 is 0 Å². The molecule has 5 nitrogen and oxygen atoms in total. The predicted octanol–water partition coefficient (Wildman–Crippen LogP) is 1.61. The summed E-state index contributed by atoms with van der Waals surface area (Å²) < 4.78 is 0. The van der Waals surface area contributed by atoms with Gasteiger partial charge in [0.1, 0.15) is 0 Å². The van der Waals surface area contributed by atoms with Crippen molar-refractivity contribution in [3.8, 4) is 0 Å². The Morgan fingerprint density at radius 2 is 2.18 bits per heavy atom. The van der Waals surface area contributed by atoms with E-state index in [2.05, 4.69) is 15.5 Å². The van der Waals surface area contributed by atoms with Crippen LogP contribution in [0.1, 0.15) is 11.1 Å². The molecule has 0 spiro atoms. The van der Waals surface area contributed by atoms with Crippen LogP contribution in [0.3, 0.4) is 0 Å². The maximum atomic E-state index is 11.7. The van der Waals surface area contributed by atoms with E-state index in [4.69, 9.17) is 5.73 Å². The van der Waals surface area contributed by atoms with Gasteiger partial charge in [0.25, 0.3) is 0 Å². The molecule has 6 heteroatoms. The van der Waals surface area contributed by atoms with E-state index in [-0.39, 0.29) is 5.91 Å². The summed E-state index contributed by atoms with van der Waals surface area (Å²) in [5.74, 6) is -0.115. The van der Waals surface area contributed by atoms with E-state index >= 15 is 0 Å².